The molecule has 0 fully saturated rings. The highest BCUT2D eigenvalue weighted by Gasteiger charge is 2.01. The molecule has 0 aliphatic rings. The molecule has 1 aromatic heterocycles. The van der Waals surface area contributed by atoms with Crippen molar-refractivity contribution in [2.24, 2.45) is 0 Å². The molecule has 1 aromatic carbocycles. The second-order valence-corrected chi connectivity index (χ2v) is 5.40. The minimum absolute atomic E-state index is 0.638. The van der Waals surface area contributed by atoms with Crippen LogP contribution < -0.4 is 15.5 Å². The summed E-state index contributed by atoms with van der Waals surface area (Å²) in [5, 5.41) is 18.0. The molecule has 0 atom stereocenters. The highest BCUT2D eigenvalue weighted by atomic mass is 32.1. The van der Waals surface area contributed by atoms with E-state index in [1.54, 1.807) is 11.0 Å². The van der Waals surface area contributed by atoms with Crippen LogP contribution in [0.5, 0.6) is 0 Å². The number of nitrogens with zero attached hydrogens (tertiary/aromatic N) is 4. The van der Waals surface area contributed by atoms with Crippen LogP contribution >= 0.6 is 12.2 Å². The second-order valence-electron chi connectivity index (χ2n) is 4.99. The number of aromatic nitrogens is 4. The van der Waals surface area contributed by atoms with Gasteiger partial charge in [0.2, 0.25) is 0 Å². The van der Waals surface area contributed by atoms with Gasteiger partial charge >= 0.3 is 0 Å². The van der Waals surface area contributed by atoms with Gasteiger partial charge in [0.15, 0.2) is 5.11 Å². The third-order valence-electron chi connectivity index (χ3n) is 2.88. The van der Waals surface area contributed by atoms with E-state index in [0.29, 0.717) is 5.11 Å². The van der Waals surface area contributed by atoms with Crippen molar-refractivity contribution in [2.45, 2.75) is 6.42 Å². The normalized spacial score (nSPS) is 10.6. The van der Waals surface area contributed by atoms with Gasteiger partial charge in [-0.3, -0.25) is 0 Å². The number of nitrogens with one attached hydrogen (secondary N) is 3. The Kier molecular flexibility index (Phi) is 5.59. The van der Waals surface area contributed by atoms with Gasteiger partial charge in [0, 0.05) is 18.7 Å². The molecular formula is C13H20N7S+. The molecule has 1 heterocycles. The molecule has 0 saturated heterocycles. The zero-order chi connectivity index (χ0) is 15.1. The number of benzene rings is 1. The van der Waals surface area contributed by atoms with E-state index in [2.05, 4.69) is 40.3 Å². The van der Waals surface area contributed by atoms with Gasteiger partial charge in [0.25, 0.3) is 0 Å². The first-order valence-electron chi connectivity index (χ1n) is 6.82. The first-order chi connectivity index (χ1) is 10.1. The molecule has 3 N–H and O–H groups in total. The van der Waals surface area contributed by atoms with E-state index in [1.165, 1.54) is 4.90 Å². The van der Waals surface area contributed by atoms with Crippen molar-refractivity contribution in [1.29, 1.82) is 0 Å². The van der Waals surface area contributed by atoms with Gasteiger partial charge in [0.05, 0.1) is 26.3 Å². The van der Waals surface area contributed by atoms with Crippen LogP contribution in [0.2, 0.25) is 0 Å². The molecule has 0 aliphatic carbocycles. The Labute approximate surface area is 129 Å². The highest BCUT2D eigenvalue weighted by Crippen LogP contribution is 2.11. The predicted octanol–water partition coefficient (Wildman–Crippen LogP) is -0.517. The van der Waals surface area contributed by atoms with Crippen LogP contribution in [0, 0.1) is 0 Å². The Morgan fingerprint density at radius 1 is 1.29 bits per heavy atom. The molecule has 112 valence electrons. The number of thiocarbonyl (C=S) groups is 1. The first-order valence-corrected chi connectivity index (χ1v) is 7.23. The molecule has 8 heteroatoms. The molecule has 0 unspecified atom stereocenters. The average Bonchev–Trinajstić information content (AvgIpc) is 2.98. The first kappa shape index (κ1) is 15.3. The Bertz CT molecular complexity index is 550. The molecule has 0 aliphatic heterocycles. The highest BCUT2D eigenvalue weighted by molar-refractivity contribution is 7.80. The van der Waals surface area contributed by atoms with Crippen molar-refractivity contribution >= 4 is 23.0 Å². The summed E-state index contributed by atoms with van der Waals surface area (Å²) in [5.74, 6) is 0. The molecule has 0 bridgehead atoms. The lowest BCUT2D eigenvalue weighted by molar-refractivity contribution is -0.858. The van der Waals surface area contributed by atoms with Gasteiger partial charge in [-0.05, 0) is 46.9 Å². The molecule has 7 nitrogen and oxygen atoms in total. The van der Waals surface area contributed by atoms with Crippen molar-refractivity contribution in [1.82, 2.24) is 25.5 Å². The predicted molar refractivity (Wildman–Crippen MR) is 85.7 cm³/mol. The third-order valence-corrected chi connectivity index (χ3v) is 3.12. The Balaban J connectivity index is 1.79. The summed E-state index contributed by atoms with van der Waals surface area (Å²) in [7, 11) is 4.28. The van der Waals surface area contributed by atoms with Gasteiger partial charge in [-0.25, -0.2) is 4.68 Å². The molecule has 2 rings (SSSR count). The zero-order valence-electron chi connectivity index (χ0n) is 12.2. The van der Waals surface area contributed by atoms with Crippen molar-refractivity contribution < 1.29 is 4.90 Å². The Morgan fingerprint density at radius 3 is 2.67 bits per heavy atom. The number of quaternary nitrogens is 1. The van der Waals surface area contributed by atoms with E-state index >= 15 is 0 Å². The lowest BCUT2D eigenvalue weighted by atomic mass is 10.3. The number of tetrazole rings is 1. The standard InChI is InChI=1S/C13H19N7S/c1-19(2)9-3-8-14-13(21)16-11-4-6-12(7-5-11)20-10-15-17-18-20/h4-7,10H,3,8-9H2,1-2H3,(H2,14,16,21)/p+1. The van der Waals surface area contributed by atoms with Crippen molar-refractivity contribution in [3.63, 3.8) is 0 Å². The molecule has 0 radical (unpaired) electrons. The molecule has 0 saturated carbocycles. The van der Waals surface area contributed by atoms with Crippen LogP contribution in [0.4, 0.5) is 5.69 Å². The zero-order valence-corrected chi connectivity index (χ0v) is 13.0. The monoisotopic (exact) mass is 306 g/mol. The smallest absolute Gasteiger partial charge is 0.170 e. The summed E-state index contributed by atoms with van der Waals surface area (Å²) in [4.78, 5) is 1.44. The minimum Gasteiger partial charge on any atom is -0.362 e. The Hall–Kier alpha value is -2.06. The summed E-state index contributed by atoms with van der Waals surface area (Å²) in [5.41, 5.74) is 1.83. The topological polar surface area (TPSA) is 72.1 Å². The average molecular weight is 306 g/mol. The molecule has 21 heavy (non-hydrogen) atoms. The van der Waals surface area contributed by atoms with Crippen molar-refractivity contribution in [3.05, 3.63) is 30.6 Å². The summed E-state index contributed by atoms with van der Waals surface area (Å²) in [6, 6.07) is 7.73. The number of anilines is 1. The maximum Gasteiger partial charge on any atom is 0.170 e. The second kappa shape index (κ2) is 7.65. The largest absolute Gasteiger partial charge is 0.362 e. The van der Waals surface area contributed by atoms with Gasteiger partial charge < -0.3 is 15.5 Å². The maximum atomic E-state index is 5.26. The van der Waals surface area contributed by atoms with Gasteiger partial charge in [0.1, 0.15) is 6.33 Å². The summed E-state index contributed by atoms with van der Waals surface area (Å²) >= 11 is 5.26. The minimum atomic E-state index is 0.638. The van der Waals surface area contributed by atoms with Crippen LogP contribution in [0.25, 0.3) is 5.69 Å². The third kappa shape index (κ3) is 5.09. The summed E-state index contributed by atoms with van der Waals surface area (Å²) in [6.07, 6.45) is 2.64. The van der Waals surface area contributed by atoms with E-state index in [0.717, 1.165) is 30.9 Å². The van der Waals surface area contributed by atoms with Gasteiger partial charge in [-0.1, -0.05) is 0 Å². The fraction of sp³-hybridized carbons (Fsp3) is 0.385. The molecule has 2 aromatic rings. The number of rotatable bonds is 6. The summed E-state index contributed by atoms with van der Waals surface area (Å²) < 4.78 is 1.60. The van der Waals surface area contributed by atoms with Gasteiger partial charge in [-0.2, -0.15) is 0 Å². The summed E-state index contributed by atoms with van der Waals surface area (Å²) in [6.45, 7) is 2.00. The molecule has 0 amide bonds. The van der Waals surface area contributed by atoms with Gasteiger partial charge in [-0.15, -0.1) is 5.10 Å². The molecular weight excluding hydrogens is 286 g/mol. The molecule has 0 spiro atoms. The van der Waals surface area contributed by atoms with E-state index in [9.17, 15) is 0 Å². The number of hydrogen-bond acceptors (Lipinski definition) is 4. The maximum absolute atomic E-state index is 5.26. The van der Waals surface area contributed by atoms with Crippen LogP contribution in [-0.2, 0) is 0 Å². The van der Waals surface area contributed by atoms with E-state index in [-0.39, 0.29) is 0 Å². The number of hydrogen-bond donors (Lipinski definition) is 3. The van der Waals surface area contributed by atoms with Crippen molar-refractivity contribution in [3.8, 4) is 5.69 Å². The van der Waals surface area contributed by atoms with Crippen LogP contribution in [0.15, 0.2) is 30.6 Å². The fourth-order valence-corrected chi connectivity index (χ4v) is 2.02. The lowest BCUT2D eigenvalue weighted by Crippen LogP contribution is -3.05. The Morgan fingerprint density at radius 2 is 2.05 bits per heavy atom. The lowest BCUT2D eigenvalue weighted by Gasteiger charge is -2.11. The van der Waals surface area contributed by atoms with Crippen molar-refractivity contribution in [2.75, 3.05) is 32.5 Å². The fourth-order valence-electron chi connectivity index (χ4n) is 1.80. The van der Waals surface area contributed by atoms with E-state index in [1.807, 2.05) is 24.3 Å². The SMILES string of the molecule is C[NH+](C)CCCNC(=S)Nc1ccc(-n2cnnn2)cc1. The van der Waals surface area contributed by atoms with E-state index < -0.39 is 0 Å². The van der Waals surface area contributed by atoms with Crippen LogP contribution in [0.1, 0.15) is 6.42 Å². The van der Waals surface area contributed by atoms with E-state index in [4.69, 9.17) is 12.2 Å². The van der Waals surface area contributed by atoms with Crippen LogP contribution in [-0.4, -0.2) is 52.5 Å². The van der Waals surface area contributed by atoms with Crippen LogP contribution in [0.3, 0.4) is 0 Å². The quantitative estimate of drug-likeness (QED) is 0.493.